The molecule has 0 aliphatic carbocycles. The molecule has 0 amide bonds. The van der Waals surface area contributed by atoms with E-state index < -0.39 is 10.7 Å². The number of rotatable bonds is 4. The van der Waals surface area contributed by atoms with Gasteiger partial charge in [-0.3, -0.25) is 15.1 Å². The van der Waals surface area contributed by atoms with E-state index >= 15 is 0 Å². The van der Waals surface area contributed by atoms with Crippen LogP contribution in [0.2, 0.25) is 0 Å². The van der Waals surface area contributed by atoms with Gasteiger partial charge in [-0.2, -0.15) is 0 Å². The lowest BCUT2D eigenvalue weighted by molar-refractivity contribution is -0.385. The molecule has 4 aromatic rings. The molecule has 1 N–H and O–H groups in total. The molecule has 4 rings (SSSR count). The zero-order valence-electron chi connectivity index (χ0n) is 12.5. The number of nitro groups is 1. The van der Waals surface area contributed by atoms with Crippen LogP contribution in [-0.2, 0) is 0 Å². The first-order valence-electron chi connectivity index (χ1n) is 7.11. The summed E-state index contributed by atoms with van der Waals surface area (Å²) in [4.78, 5) is 22.1. The summed E-state index contributed by atoms with van der Waals surface area (Å²) in [6.07, 6.45) is 4.78. The zero-order valence-corrected chi connectivity index (χ0v) is 13.3. The minimum Gasteiger partial charge on any atom is -0.450 e. The zero-order chi connectivity index (χ0) is 17.4. The van der Waals surface area contributed by atoms with Crippen LogP contribution in [0.25, 0.3) is 20.8 Å². The molecule has 7 nitrogen and oxygen atoms in total. The average Bonchev–Trinajstić information content (AvgIpc) is 3.24. The first-order valence-corrected chi connectivity index (χ1v) is 7.93. The Morgan fingerprint density at radius 3 is 2.92 bits per heavy atom. The lowest BCUT2D eigenvalue weighted by atomic mass is 10.2. The number of H-pyrrole nitrogens is 1. The minimum absolute atomic E-state index is 0.114. The second-order valence-corrected chi connectivity index (χ2v) is 6.10. The fourth-order valence-electron chi connectivity index (χ4n) is 2.36. The number of fused-ring (bicyclic) bond motifs is 1. The monoisotopic (exact) mass is 356 g/mol. The summed E-state index contributed by atoms with van der Waals surface area (Å²) in [6.45, 7) is 0. The van der Waals surface area contributed by atoms with Crippen LogP contribution in [0.4, 0.5) is 10.1 Å². The van der Waals surface area contributed by atoms with Gasteiger partial charge >= 0.3 is 0 Å². The molecule has 9 heteroatoms. The standard InChI is InChI=1S/C16H9FN4O3S/c17-10-6-9(21(22)23)3-4-12(10)24-15-14-13(2-1-5-19-14)25-16(15)11-7-18-8-20-11/h1-8H,(H,18,20). The molecule has 0 saturated carbocycles. The van der Waals surface area contributed by atoms with E-state index in [4.69, 9.17) is 4.74 Å². The quantitative estimate of drug-likeness (QED) is 0.428. The molecule has 0 saturated heterocycles. The van der Waals surface area contributed by atoms with E-state index in [0.717, 1.165) is 10.8 Å². The summed E-state index contributed by atoms with van der Waals surface area (Å²) in [5, 5.41) is 10.7. The number of nitrogens with one attached hydrogen (secondary N) is 1. The topological polar surface area (TPSA) is 93.9 Å². The van der Waals surface area contributed by atoms with Crippen molar-refractivity contribution in [3.63, 3.8) is 0 Å². The smallest absolute Gasteiger partial charge is 0.272 e. The number of nitrogens with zero attached hydrogens (tertiary/aromatic N) is 3. The second-order valence-electron chi connectivity index (χ2n) is 5.05. The Balaban J connectivity index is 1.84. The molecule has 0 aliphatic rings. The highest BCUT2D eigenvalue weighted by Crippen LogP contribution is 2.45. The van der Waals surface area contributed by atoms with Crippen LogP contribution >= 0.6 is 11.3 Å². The van der Waals surface area contributed by atoms with Gasteiger partial charge in [-0.1, -0.05) is 0 Å². The number of aromatic nitrogens is 3. The summed E-state index contributed by atoms with van der Waals surface area (Å²) in [7, 11) is 0. The highest BCUT2D eigenvalue weighted by molar-refractivity contribution is 7.22. The molecule has 0 bridgehead atoms. The van der Waals surface area contributed by atoms with Gasteiger partial charge in [0.2, 0.25) is 0 Å². The van der Waals surface area contributed by atoms with E-state index in [1.165, 1.54) is 29.8 Å². The van der Waals surface area contributed by atoms with E-state index in [0.29, 0.717) is 21.8 Å². The van der Waals surface area contributed by atoms with Crippen molar-refractivity contribution < 1.29 is 14.1 Å². The van der Waals surface area contributed by atoms with E-state index in [9.17, 15) is 14.5 Å². The third-order valence-electron chi connectivity index (χ3n) is 3.49. The van der Waals surface area contributed by atoms with Crippen LogP contribution < -0.4 is 4.74 Å². The molecule has 0 unspecified atom stereocenters. The predicted molar refractivity (Wildman–Crippen MR) is 90.3 cm³/mol. The van der Waals surface area contributed by atoms with Crippen molar-refractivity contribution in [2.24, 2.45) is 0 Å². The van der Waals surface area contributed by atoms with E-state index in [1.54, 1.807) is 18.5 Å². The van der Waals surface area contributed by atoms with Crippen molar-refractivity contribution in [1.29, 1.82) is 0 Å². The van der Waals surface area contributed by atoms with Gasteiger partial charge in [-0.25, -0.2) is 9.37 Å². The van der Waals surface area contributed by atoms with Crippen LogP contribution in [-0.4, -0.2) is 19.9 Å². The number of non-ortho nitro benzene ring substituents is 1. The Morgan fingerprint density at radius 1 is 1.32 bits per heavy atom. The summed E-state index contributed by atoms with van der Waals surface area (Å²) < 4.78 is 20.8. The number of hydrogen-bond acceptors (Lipinski definition) is 6. The van der Waals surface area contributed by atoms with Crippen LogP contribution in [0.3, 0.4) is 0 Å². The Labute approximate surface area is 143 Å². The maximum absolute atomic E-state index is 14.2. The molecule has 124 valence electrons. The van der Waals surface area contributed by atoms with Crippen molar-refractivity contribution >= 4 is 27.2 Å². The average molecular weight is 356 g/mol. The molecule has 0 fully saturated rings. The van der Waals surface area contributed by atoms with Gasteiger partial charge in [0.1, 0.15) is 5.52 Å². The lowest BCUT2D eigenvalue weighted by Crippen LogP contribution is -1.93. The van der Waals surface area contributed by atoms with E-state index in [1.807, 2.05) is 6.07 Å². The minimum atomic E-state index is -0.819. The summed E-state index contributed by atoms with van der Waals surface area (Å²) >= 11 is 1.43. The summed E-state index contributed by atoms with van der Waals surface area (Å²) in [6, 6.07) is 6.93. The highest BCUT2D eigenvalue weighted by Gasteiger charge is 2.20. The number of aromatic amines is 1. The van der Waals surface area contributed by atoms with Crippen LogP contribution in [0.5, 0.6) is 11.5 Å². The molecular formula is C16H9FN4O3S. The number of imidazole rings is 1. The molecule has 0 radical (unpaired) electrons. The van der Waals surface area contributed by atoms with Crippen molar-refractivity contribution in [2.75, 3.05) is 0 Å². The Bertz CT molecular complexity index is 1080. The largest absolute Gasteiger partial charge is 0.450 e. The summed E-state index contributed by atoms with van der Waals surface area (Å²) in [5.74, 6) is -0.561. The molecular weight excluding hydrogens is 347 g/mol. The maximum atomic E-state index is 14.2. The van der Waals surface area contributed by atoms with Gasteiger partial charge in [0, 0.05) is 12.3 Å². The van der Waals surface area contributed by atoms with Gasteiger partial charge in [0.25, 0.3) is 5.69 Å². The molecule has 3 heterocycles. The fraction of sp³-hybridized carbons (Fsp3) is 0. The first-order chi connectivity index (χ1) is 12.1. The number of hydrogen-bond donors (Lipinski definition) is 1. The number of thiophene rings is 1. The van der Waals surface area contributed by atoms with Crippen LogP contribution in [0, 0.1) is 15.9 Å². The molecule has 0 atom stereocenters. The summed E-state index contributed by atoms with van der Waals surface area (Å²) in [5.41, 5.74) is 0.946. The predicted octanol–water partition coefficient (Wildman–Crippen LogP) is 4.53. The van der Waals surface area contributed by atoms with Gasteiger partial charge < -0.3 is 9.72 Å². The Morgan fingerprint density at radius 2 is 2.20 bits per heavy atom. The van der Waals surface area contributed by atoms with Crippen molar-refractivity contribution in [2.45, 2.75) is 0 Å². The van der Waals surface area contributed by atoms with Gasteiger partial charge in [0.05, 0.1) is 38.8 Å². The highest BCUT2D eigenvalue weighted by atomic mass is 32.1. The number of nitro benzene ring substituents is 1. The number of halogens is 1. The third-order valence-corrected chi connectivity index (χ3v) is 4.64. The van der Waals surface area contributed by atoms with E-state index in [-0.39, 0.29) is 11.4 Å². The molecule has 25 heavy (non-hydrogen) atoms. The van der Waals surface area contributed by atoms with Crippen molar-refractivity contribution in [1.82, 2.24) is 15.0 Å². The van der Waals surface area contributed by atoms with Gasteiger partial charge in [-0.05, 0) is 18.2 Å². The van der Waals surface area contributed by atoms with Gasteiger partial charge in [-0.15, -0.1) is 11.3 Å². The van der Waals surface area contributed by atoms with Crippen molar-refractivity contribution in [3.05, 3.63) is 65.0 Å². The number of benzene rings is 1. The first kappa shape index (κ1) is 15.2. The van der Waals surface area contributed by atoms with Crippen molar-refractivity contribution in [3.8, 4) is 22.1 Å². The fourth-order valence-corrected chi connectivity index (χ4v) is 3.42. The van der Waals surface area contributed by atoms with Gasteiger partial charge in [0.15, 0.2) is 17.3 Å². The van der Waals surface area contributed by atoms with Crippen LogP contribution in [0.1, 0.15) is 0 Å². The van der Waals surface area contributed by atoms with Crippen LogP contribution in [0.15, 0.2) is 49.1 Å². The second kappa shape index (κ2) is 5.95. The maximum Gasteiger partial charge on any atom is 0.272 e. The third kappa shape index (κ3) is 2.70. The Hall–Kier alpha value is -3.33. The Kier molecular flexibility index (Phi) is 3.62. The normalized spacial score (nSPS) is 10.9. The van der Waals surface area contributed by atoms with E-state index in [2.05, 4.69) is 15.0 Å². The molecule has 3 aromatic heterocycles. The molecule has 0 aliphatic heterocycles. The lowest BCUT2D eigenvalue weighted by Gasteiger charge is -2.07. The number of pyridine rings is 1. The molecule has 0 spiro atoms. The number of ether oxygens (including phenoxy) is 1. The molecule has 1 aromatic carbocycles. The SMILES string of the molecule is O=[N+]([O-])c1ccc(Oc2c(-c3cnc[nH]3)sc3cccnc23)c(F)c1.